The number of aromatic nitrogens is 2. The van der Waals surface area contributed by atoms with Crippen molar-refractivity contribution >= 4 is 0 Å². The van der Waals surface area contributed by atoms with E-state index in [1.165, 1.54) is 6.07 Å². The van der Waals surface area contributed by atoms with Crippen molar-refractivity contribution in [2.45, 2.75) is 19.4 Å². The Hall–Kier alpha value is -1.68. The van der Waals surface area contributed by atoms with Crippen LogP contribution >= 0.6 is 0 Å². The van der Waals surface area contributed by atoms with Crippen molar-refractivity contribution in [3.63, 3.8) is 0 Å². The van der Waals surface area contributed by atoms with Gasteiger partial charge in [0.05, 0.1) is 6.33 Å². The smallest absolute Gasteiger partial charge is 0.126 e. The largest absolute Gasteiger partial charge is 0.334 e. The molecule has 2 rings (SSSR count). The highest BCUT2D eigenvalue weighted by Gasteiger charge is 2.04. The number of rotatable bonds is 5. The molecule has 1 aromatic carbocycles. The minimum Gasteiger partial charge on any atom is -0.334 e. The molecule has 0 aliphatic carbocycles. The summed E-state index contributed by atoms with van der Waals surface area (Å²) < 4.78 is 15.4. The van der Waals surface area contributed by atoms with Crippen LogP contribution in [0.3, 0.4) is 0 Å². The average Bonchev–Trinajstić information content (AvgIpc) is 2.76. The number of aryl methyl sites for hydroxylation is 2. The summed E-state index contributed by atoms with van der Waals surface area (Å²) in [6.07, 6.45) is 5.05. The number of hydrogen-bond acceptors (Lipinski definition) is 2. The molecule has 2 N–H and O–H groups in total. The number of imidazole rings is 1. The number of nitrogens with two attached hydrogens (primary N) is 1. The summed E-state index contributed by atoms with van der Waals surface area (Å²) >= 11 is 0. The van der Waals surface area contributed by atoms with Crippen LogP contribution in [0.1, 0.15) is 11.3 Å². The molecule has 90 valence electrons. The molecule has 0 aliphatic rings. The molecule has 0 aliphatic heterocycles. The second kappa shape index (κ2) is 5.59. The molecule has 0 atom stereocenters. The van der Waals surface area contributed by atoms with Crippen molar-refractivity contribution in [1.29, 1.82) is 0 Å². The van der Waals surface area contributed by atoms with Crippen LogP contribution in [-0.4, -0.2) is 16.1 Å². The number of hydrogen-bond donors (Lipinski definition) is 1. The van der Waals surface area contributed by atoms with E-state index in [-0.39, 0.29) is 5.82 Å². The Morgan fingerprint density at radius 3 is 2.82 bits per heavy atom. The van der Waals surface area contributed by atoms with Crippen LogP contribution in [0.25, 0.3) is 0 Å². The zero-order valence-corrected chi connectivity index (χ0v) is 9.64. The number of nitrogens with zero attached hydrogens (tertiary/aromatic N) is 2. The highest BCUT2D eigenvalue weighted by Crippen LogP contribution is 2.09. The second-order valence-electron chi connectivity index (χ2n) is 3.96. The Morgan fingerprint density at radius 2 is 2.06 bits per heavy atom. The third kappa shape index (κ3) is 2.91. The lowest BCUT2D eigenvalue weighted by Crippen LogP contribution is -2.10. The Bertz CT molecular complexity index is 479. The quantitative estimate of drug-likeness (QED) is 0.855. The summed E-state index contributed by atoms with van der Waals surface area (Å²) in [4.78, 5) is 4.09. The zero-order valence-electron chi connectivity index (χ0n) is 9.64. The van der Waals surface area contributed by atoms with Gasteiger partial charge in [-0.25, -0.2) is 9.37 Å². The van der Waals surface area contributed by atoms with Gasteiger partial charge in [-0.1, -0.05) is 18.2 Å². The SMILES string of the molecule is NCCc1cncn1CCc1ccccc1F. The van der Waals surface area contributed by atoms with E-state index >= 15 is 0 Å². The van der Waals surface area contributed by atoms with Crippen LogP contribution in [0.2, 0.25) is 0 Å². The maximum Gasteiger partial charge on any atom is 0.126 e. The Balaban J connectivity index is 2.02. The maximum absolute atomic E-state index is 13.4. The first-order chi connectivity index (χ1) is 8.31. The van der Waals surface area contributed by atoms with Crippen LogP contribution in [0.4, 0.5) is 4.39 Å². The first kappa shape index (κ1) is 11.8. The molecular weight excluding hydrogens is 217 g/mol. The third-order valence-electron chi connectivity index (χ3n) is 2.78. The molecule has 3 nitrogen and oxygen atoms in total. The Labute approximate surface area is 100 Å². The summed E-state index contributed by atoms with van der Waals surface area (Å²) in [5, 5.41) is 0. The molecule has 1 aromatic heterocycles. The molecule has 0 saturated heterocycles. The molecule has 1 heterocycles. The lowest BCUT2D eigenvalue weighted by atomic mass is 10.1. The molecule has 0 radical (unpaired) electrons. The fourth-order valence-corrected chi connectivity index (χ4v) is 1.85. The molecule has 0 amide bonds. The average molecular weight is 233 g/mol. The first-order valence-electron chi connectivity index (χ1n) is 5.73. The summed E-state index contributed by atoms with van der Waals surface area (Å²) in [6, 6.07) is 6.86. The van der Waals surface area contributed by atoms with Crippen molar-refractivity contribution in [2.75, 3.05) is 6.54 Å². The van der Waals surface area contributed by atoms with Crippen molar-refractivity contribution in [1.82, 2.24) is 9.55 Å². The van der Waals surface area contributed by atoms with E-state index in [0.29, 0.717) is 13.0 Å². The van der Waals surface area contributed by atoms with Crippen LogP contribution < -0.4 is 5.73 Å². The van der Waals surface area contributed by atoms with Gasteiger partial charge in [0, 0.05) is 24.9 Å². The lowest BCUT2D eigenvalue weighted by molar-refractivity contribution is 0.587. The standard InChI is InChI=1S/C13H16FN3/c14-13-4-2-1-3-11(13)6-8-17-10-16-9-12(17)5-7-15/h1-4,9-10H,5-8,15H2. The van der Waals surface area contributed by atoms with Gasteiger partial charge in [0.2, 0.25) is 0 Å². The van der Waals surface area contributed by atoms with E-state index < -0.39 is 0 Å². The van der Waals surface area contributed by atoms with Crippen LogP contribution in [0.15, 0.2) is 36.8 Å². The molecule has 0 fully saturated rings. The predicted molar refractivity (Wildman–Crippen MR) is 65.1 cm³/mol. The van der Waals surface area contributed by atoms with Gasteiger partial charge in [-0.05, 0) is 24.6 Å². The number of benzene rings is 1. The van der Waals surface area contributed by atoms with Gasteiger partial charge in [0.15, 0.2) is 0 Å². The maximum atomic E-state index is 13.4. The molecule has 17 heavy (non-hydrogen) atoms. The van der Waals surface area contributed by atoms with Crippen LogP contribution in [0.5, 0.6) is 0 Å². The van der Waals surface area contributed by atoms with E-state index in [1.807, 2.05) is 22.9 Å². The molecule has 0 bridgehead atoms. The van der Waals surface area contributed by atoms with Gasteiger partial charge in [-0.3, -0.25) is 0 Å². The zero-order chi connectivity index (χ0) is 12.1. The van der Waals surface area contributed by atoms with Gasteiger partial charge in [0.1, 0.15) is 5.82 Å². The summed E-state index contributed by atoms with van der Waals surface area (Å²) in [7, 11) is 0. The highest BCUT2D eigenvalue weighted by molar-refractivity contribution is 5.17. The Morgan fingerprint density at radius 1 is 1.24 bits per heavy atom. The Kier molecular flexibility index (Phi) is 3.88. The van der Waals surface area contributed by atoms with Gasteiger partial charge >= 0.3 is 0 Å². The van der Waals surface area contributed by atoms with Gasteiger partial charge in [0.25, 0.3) is 0 Å². The summed E-state index contributed by atoms with van der Waals surface area (Å²) in [5.74, 6) is -0.145. The van der Waals surface area contributed by atoms with Crippen molar-refractivity contribution in [3.8, 4) is 0 Å². The van der Waals surface area contributed by atoms with Crippen molar-refractivity contribution < 1.29 is 4.39 Å². The van der Waals surface area contributed by atoms with Crippen LogP contribution in [-0.2, 0) is 19.4 Å². The first-order valence-corrected chi connectivity index (χ1v) is 5.73. The molecular formula is C13H16FN3. The minimum atomic E-state index is -0.145. The fraction of sp³-hybridized carbons (Fsp3) is 0.308. The highest BCUT2D eigenvalue weighted by atomic mass is 19.1. The van der Waals surface area contributed by atoms with Crippen molar-refractivity contribution in [3.05, 3.63) is 53.9 Å². The molecule has 2 aromatic rings. The normalized spacial score (nSPS) is 10.7. The summed E-state index contributed by atoms with van der Waals surface area (Å²) in [5.41, 5.74) is 7.36. The second-order valence-corrected chi connectivity index (χ2v) is 3.96. The van der Waals surface area contributed by atoms with Gasteiger partial charge < -0.3 is 10.3 Å². The minimum absolute atomic E-state index is 0.145. The van der Waals surface area contributed by atoms with Gasteiger partial charge in [-0.15, -0.1) is 0 Å². The van der Waals surface area contributed by atoms with E-state index in [4.69, 9.17) is 5.73 Å². The molecule has 0 unspecified atom stereocenters. The monoisotopic (exact) mass is 233 g/mol. The topological polar surface area (TPSA) is 43.8 Å². The van der Waals surface area contributed by atoms with Gasteiger partial charge in [-0.2, -0.15) is 0 Å². The van der Waals surface area contributed by atoms with E-state index in [1.54, 1.807) is 12.4 Å². The third-order valence-corrected chi connectivity index (χ3v) is 2.78. The van der Waals surface area contributed by atoms with E-state index in [9.17, 15) is 4.39 Å². The number of halogens is 1. The van der Waals surface area contributed by atoms with E-state index in [0.717, 1.165) is 24.2 Å². The predicted octanol–water partition coefficient (Wildman–Crippen LogP) is 1.77. The fourth-order valence-electron chi connectivity index (χ4n) is 1.85. The molecule has 0 spiro atoms. The summed E-state index contributed by atoms with van der Waals surface area (Å²) in [6.45, 7) is 1.33. The lowest BCUT2D eigenvalue weighted by Gasteiger charge is -2.07. The molecule has 4 heteroatoms. The van der Waals surface area contributed by atoms with Crippen molar-refractivity contribution in [2.24, 2.45) is 5.73 Å². The van der Waals surface area contributed by atoms with Crippen LogP contribution in [0, 0.1) is 5.82 Å². The molecule has 0 saturated carbocycles. The van der Waals surface area contributed by atoms with E-state index in [2.05, 4.69) is 4.98 Å².